The zero-order valence-corrected chi connectivity index (χ0v) is 58.3. The highest BCUT2D eigenvalue weighted by Crippen LogP contribution is 2.32. The number of ether oxygens (including phenoxy) is 10. The Morgan fingerprint density at radius 1 is 0.337 bits per heavy atom. The van der Waals surface area contributed by atoms with Gasteiger partial charge >= 0.3 is 11.9 Å². The third-order valence-electron chi connectivity index (χ3n) is 19.8. The van der Waals surface area contributed by atoms with Crippen LogP contribution in [-0.2, 0) is 57.0 Å². The molecule has 0 aromatic heterocycles. The Bertz CT molecular complexity index is 2060. The molecule has 4 bridgehead atoms. The predicted molar refractivity (Wildman–Crippen MR) is 352 cm³/mol. The molecule has 0 amide bonds. The monoisotopic (exact) mass is 1420 g/mol. The van der Waals surface area contributed by atoms with Crippen molar-refractivity contribution in [3.63, 3.8) is 0 Å². The Labute approximate surface area is 579 Å². The number of cyclic esters (lactones) is 2. The number of aliphatic hydroxyl groups is 16. The minimum atomic E-state index is -1.77. The van der Waals surface area contributed by atoms with Gasteiger partial charge in [0.1, 0.15) is 111 Å². The van der Waals surface area contributed by atoms with E-state index in [1.807, 2.05) is 0 Å². The number of rotatable bonds is 44. The number of unbranched alkanes of at least 4 members (excludes halogenated alkanes) is 22. The normalized spacial score (nSPS) is 35.2. The van der Waals surface area contributed by atoms with Gasteiger partial charge in [-0.2, -0.15) is 0 Å². The van der Waals surface area contributed by atoms with Gasteiger partial charge in [0.25, 0.3) is 0 Å². The van der Waals surface area contributed by atoms with Crippen molar-refractivity contribution in [1.29, 1.82) is 0 Å². The van der Waals surface area contributed by atoms with Gasteiger partial charge in [-0.15, -0.1) is 0 Å². The van der Waals surface area contributed by atoms with Crippen LogP contribution in [0.1, 0.15) is 245 Å². The lowest BCUT2D eigenvalue weighted by molar-refractivity contribution is -0.316. The van der Waals surface area contributed by atoms with E-state index in [9.17, 15) is 91.3 Å². The summed E-state index contributed by atoms with van der Waals surface area (Å²) in [5.74, 6) is -1.56. The predicted octanol–water partition coefficient (Wildman–Crippen LogP) is 2.65. The second-order valence-corrected chi connectivity index (χ2v) is 28.4. The van der Waals surface area contributed by atoms with Crippen LogP contribution in [0.4, 0.5) is 0 Å². The van der Waals surface area contributed by atoms with Gasteiger partial charge in [-0.1, -0.05) is 167 Å². The molecule has 5 aliphatic heterocycles. The molecule has 0 saturated carbocycles. The molecule has 5 rings (SSSR count). The van der Waals surface area contributed by atoms with Crippen molar-refractivity contribution in [2.75, 3.05) is 26.4 Å². The summed E-state index contributed by atoms with van der Waals surface area (Å²) in [7, 11) is 0. The van der Waals surface area contributed by atoms with Crippen LogP contribution >= 0.6 is 0 Å². The van der Waals surface area contributed by atoms with Crippen LogP contribution < -0.4 is 0 Å². The number of carbonyl (C=O) groups is 2. The fraction of sp³-hybridized carbons (Fsp3) is 0.971. The SMILES string of the molecule is CC(O)CCCCCC(CCCCCCCCCCCCCC1CC(=O)OCC2OC(OC(CCCCCCCCCCCC(CCCCCC(C)O)O[C@@H]3O[C@H](CO)[C@@H](O)[C@H](O)[C@H]3O)CC(=O)OCC3OC(O1)[C@@H](O)[C@H](O)[C@H]3O)[C@H](O)[C@@H](O)[C@@H]2O)O[C@@H]1O[C@H](CO)[C@@H](O)[C@H](O)[C@H]1O. The fourth-order valence-corrected chi connectivity index (χ4v) is 13.6. The van der Waals surface area contributed by atoms with Gasteiger partial charge < -0.3 is 129 Å². The highest BCUT2D eigenvalue weighted by Gasteiger charge is 2.49. The van der Waals surface area contributed by atoms with Gasteiger partial charge in [-0.25, -0.2) is 0 Å². The quantitative estimate of drug-likeness (QED) is 0.0308. The number of aliphatic hydroxyl groups excluding tert-OH is 16. The Hall–Kier alpha value is -2.02. The van der Waals surface area contributed by atoms with E-state index in [2.05, 4.69) is 0 Å². The van der Waals surface area contributed by atoms with Crippen LogP contribution in [0.3, 0.4) is 0 Å². The third kappa shape index (κ3) is 31.0. The lowest BCUT2D eigenvalue weighted by Gasteiger charge is -2.42. The smallest absolute Gasteiger partial charge is 0.308 e. The Morgan fingerprint density at radius 2 is 0.612 bits per heavy atom. The van der Waals surface area contributed by atoms with E-state index in [-0.39, 0.29) is 43.7 Å². The molecule has 576 valence electrons. The minimum Gasteiger partial charge on any atom is -0.463 e. The summed E-state index contributed by atoms with van der Waals surface area (Å²) in [4.78, 5) is 27.1. The molecule has 26 atom stereocenters. The van der Waals surface area contributed by atoms with Crippen LogP contribution in [-0.4, -0.2) is 280 Å². The number of esters is 2. The molecule has 0 spiro atoms. The van der Waals surface area contributed by atoms with Crippen molar-refractivity contribution in [3.05, 3.63) is 0 Å². The maximum absolute atomic E-state index is 13.5. The second-order valence-electron chi connectivity index (χ2n) is 28.4. The summed E-state index contributed by atoms with van der Waals surface area (Å²) >= 11 is 0. The van der Waals surface area contributed by atoms with Crippen molar-refractivity contribution in [2.45, 2.75) is 404 Å². The van der Waals surface area contributed by atoms with Gasteiger partial charge in [-0.05, 0) is 65.2 Å². The first-order valence-electron chi connectivity index (χ1n) is 37.3. The zero-order chi connectivity index (χ0) is 71.5. The first-order valence-corrected chi connectivity index (χ1v) is 37.3. The largest absolute Gasteiger partial charge is 0.463 e. The molecule has 5 fully saturated rings. The number of fused-ring (bicyclic) bond motifs is 4. The van der Waals surface area contributed by atoms with Gasteiger partial charge in [-0.3, -0.25) is 9.59 Å². The maximum atomic E-state index is 13.5. The van der Waals surface area contributed by atoms with Gasteiger partial charge in [0.2, 0.25) is 0 Å². The molecule has 0 radical (unpaired) electrons. The van der Waals surface area contributed by atoms with Crippen molar-refractivity contribution in [1.82, 2.24) is 0 Å². The minimum absolute atomic E-state index is 0.265. The van der Waals surface area contributed by atoms with E-state index in [0.717, 1.165) is 154 Å². The Morgan fingerprint density at radius 3 is 0.918 bits per heavy atom. The average molecular weight is 1420 g/mol. The Kier molecular flexibility index (Phi) is 42.6. The van der Waals surface area contributed by atoms with E-state index >= 15 is 0 Å². The second kappa shape index (κ2) is 48.2. The molecule has 0 aliphatic carbocycles. The molecule has 0 aromatic rings. The molecule has 0 aromatic carbocycles. The molecule has 98 heavy (non-hydrogen) atoms. The van der Waals surface area contributed by atoms with E-state index in [1.54, 1.807) is 13.8 Å². The average Bonchev–Trinajstić information content (AvgIpc) is 0.825. The summed E-state index contributed by atoms with van der Waals surface area (Å²) in [5.41, 5.74) is 0. The molecule has 16 N–H and O–H groups in total. The maximum Gasteiger partial charge on any atom is 0.308 e. The molecule has 10 unspecified atom stereocenters. The molecular weight excluding hydrogens is 1290 g/mol. The van der Waals surface area contributed by atoms with E-state index in [1.165, 1.54) is 0 Å². The first-order chi connectivity index (χ1) is 47.0. The third-order valence-corrected chi connectivity index (χ3v) is 19.8. The molecule has 5 saturated heterocycles. The van der Waals surface area contributed by atoms with Crippen molar-refractivity contribution >= 4 is 11.9 Å². The number of hydrogen-bond donors (Lipinski definition) is 16. The van der Waals surface area contributed by atoms with E-state index in [4.69, 9.17) is 47.4 Å². The molecule has 28 nitrogen and oxygen atoms in total. The zero-order valence-electron chi connectivity index (χ0n) is 58.3. The van der Waals surface area contributed by atoms with Gasteiger partial charge in [0.15, 0.2) is 25.2 Å². The molecule has 5 heterocycles. The molecular formula is C70H128O28. The van der Waals surface area contributed by atoms with E-state index in [0.29, 0.717) is 57.8 Å². The summed E-state index contributed by atoms with van der Waals surface area (Å²) in [6, 6.07) is 0. The van der Waals surface area contributed by atoms with Gasteiger partial charge in [0, 0.05) is 0 Å². The number of hydrogen-bond acceptors (Lipinski definition) is 28. The first kappa shape index (κ1) is 86.6. The van der Waals surface area contributed by atoms with Crippen molar-refractivity contribution in [2.24, 2.45) is 0 Å². The lowest BCUT2D eigenvalue weighted by atomic mass is 9.98. The van der Waals surface area contributed by atoms with Crippen LogP contribution in [0, 0.1) is 0 Å². The van der Waals surface area contributed by atoms with Crippen molar-refractivity contribution in [3.8, 4) is 0 Å². The summed E-state index contributed by atoms with van der Waals surface area (Å²) in [6.07, 6.45) is -5.60. The van der Waals surface area contributed by atoms with Crippen LogP contribution in [0.15, 0.2) is 0 Å². The Balaban J connectivity index is 1.03. The summed E-state index contributed by atoms with van der Waals surface area (Å²) in [5, 5.41) is 167. The highest BCUT2D eigenvalue weighted by atomic mass is 16.7. The lowest BCUT2D eigenvalue weighted by Crippen LogP contribution is -2.60. The van der Waals surface area contributed by atoms with Crippen LogP contribution in [0.25, 0.3) is 0 Å². The number of carbonyl (C=O) groups excluding carboxylic acids is 2. The highest BCUT2D eigenvalue weighted by molar-refractivity contribution is 5.70. The summed E-state index contributed by atoms with van der Waals surface area (Å²) in [6.45, 7) is 1.32. The van der Waals surface area contributed by atoms with Crippen molar-refractivity contribution < 1.29 is 139 Å². The fourth-order valence-electron chi connectivity index (χ4n) is 13.6. The topological polar surface area (TPSA) is 450 Å². The van der Waals surface area contributed by atoms with E-state index < -0.39 is 173 Å². The summed E-state index contributed by atoms with van der Waals surface area (Å²) < 4.78 is 58.9. The molecule has 5 aliphatic rings. The van der Waals surface area contributed by atoms with Crippen LogP contribution in [0.2, 0.25) is 0 Å². The van der Waals surface area contributed by atoms with Crippen LogP contribution in [0.5, 0.6) is 0 Å². The van der Waals surface area contributed by atoms with Gasteiger partial charge in [0.05, 0.1) is 62.7 Å². The standard InChI is InChI=1S/C70H128O28/c1-43(73)29-21-19-27-33-45(91-67-63(85)59(81)55(77)49(39-71)95-67)31-23-15-11-7-4-3-5-8-13-17-25-35-47-37-53(75)89-41-52-58(80)62(84)66(88)70(98-52)94-48(38-54(76)90-42-51-57(79)61(83)65(87)69(93-47)97-51)36-26-18-14-10-6-9-12-16-24-32-46(34-28-20-22-30-44(2)74)92-68-64(86)60(82)56(78)50(40-72)96-68/h43-52,55-74,77-88H,3-42H2,1-2H3/t43?,44?,45?,46?,47?,48?,49-,50-,51?,52?,55-,56-,57+,58-,59+,60+,61-,62+,63-,64-,65+,66-,67-,68-,69?,70?/m1/s1. The molecule has 28 heteroatoms.